The van der Waals surface area contributed by atoms with E-state index in [1.54, 1.807) is 33.1 Å². The Hall–Kier alpha value is -3.02. The fraction of sp³-hybridized carbons (Fsp3) is 0.333. The standard InChI is InChI=1S/C21H25NO5/c1-12(2)11-27-18-10-15(7-9-17(18)26-5)6-8-16(23)19-13(3)20(21(24)25)22-14(19)4/h6-10,12,22H,11H2,1-5H3,(H,24,25)/b8-6+. The van der Waals surface area contributed by atoms with Crippen molar-refractivity contribution in [2.24, 2.45) is 5.92 Å². The van der Waals surface area contributed by atoms with Crippen molar-refractivity contribution >= 4 is 17.8 Å². The zero-order chi connectivity index (χ0) is 20.1. The van der Waals surface area contributed by atoms with Gasteiger partial charge in [0.2, 0.25) is 0 Å². The van der Waals surface area contributed by atoms with Gasteiger partial charge >= 0.3 is 5.97 Å². The molecule has 0 amide bonds. The van der Waals surface area contributed by atoms with Crippen molar-refractivity contribution in [3.63, 3.8) is 0 Å². The highest BCUT2D eigenvalue weighted by Gasteiger charge is 2.20. The molecular formula is C21H25NO5. The summed E-state index contributed by atoms with van der Waals surface area (Å²) >= 11 is 0. The Balaban J connectivity index is 2.26. The summed E-state index contributed by atoms with van der Waals surface area (Å²) in [4.78, 5) is 26.5. The van der Waals surface area contributed by atoms with E-state index in [-0.39, 0.29) is 11.5 Å². The van der Waals surface area contributed by atoms with Crippen LogP contribution in [0.15, 0.2) is 24.3 Å². The number of hydrogen-bond acceptors (Lipinski definition) is 4. The minimum atomic E-state index is -1.08. The van der Waals surface area contributed by atoms with E-state index in [1.807, 2.05) is 12.1 Å². The summed E-state index contributed by atoms with van der Waals surface area (Å²) in [6.07, 6.45) is 3.11. The number of aromatic amines is 1. The van der Waals surface area contributed by atoms with Gasteiger partial charge in [-0.2, -0.15) is 0 Å². The first-order chi connectivity index (χ1) is 12.7. The summed E-state index contributed by atoms with van der Waals surface area (Å²) < 4.78 is 11.1. The van der Waals surface area contributed by atoms with Gasteiger partial charge in [-0.25, -0.2) is 4.79 Å². The molecule has 144 valence electrons. The Morgan fingerprint density at radius 3 is 2.48 bits per heavy atom. The van der Waals surface area contributed by atoms with Gasteiger partial charge in [0.15, 0.2) is 17.3 Å². The number of carboxylic acids is 1. The molecule has 2 aromatic rings. The van der Waals surface area contributed by atoms with Gasteiger partial charge < -0.3 is 19.6 Å². The molecule has 0 spiro atoms. The summed E-state index contributed by atoms with van der Waals surface area (Å²) in [5.41, 5.74) is 2.18. The number of rotatable bonds is 8. The number of aromatic nitrogens is 1. The second-order valence-electron chi connectivity index (χ2n) is 6.74. The molecule has 0 fully saturated rings. The lowest BCUT2D eigenvalue weighted by molar-refractivity contribution is 0.0690. The number of aromatic carboxylic acids is 1. The van der Waals surface area contributed by atoms with E-state index >= 15 is 0 Å². The molecule has 1 aromatic heterocycles. The van der Waals surface area contributed by atoms with Gasteiger partial charge in [0.25, 0.3) is 0 Å². The first kappa shape index (κ1) is 20.3. The van der Waals surface area contributed by atoms with Crippen molar-refractivity contribution in [1.82, 2.24) is 4.98 Å². The molecule has 0 atom stereocenters. The Labute approximate surface area is 158 Å². The number of H-pyrrole nitrogens is 1. The van der Waals surface area contributed by atoms with E-state index in [0.717, 1.165) is 5.56 Å². The lowest BCUT2D eigenvalue weighted by atomic mass is 10.0. The number of benzene rings is 1. The van der Waals surface area contributed by atoms with E-state index in [4.69, 9.17) is 9.47 Å². The molecule has 0 saturated carbocycles. The Morgan fingerprint density at radius 2 is 1.93 bits per heavy atom. The number of carboxylic acid groups (broad SMARTS) is 1. The first-order valence-corrected chi connectivity index (χ1v) is 8.70. The van der Waals surface area contributed by atoms with Gasteiger partial charge in [-0.15, -0.1) is 0 Å². The van der Waals surface area contributed by atoms with Crippen LogP contribution in [0.1, 0.15) is 51.5 Å². The topological polar surface area (TPSA) is 88.6 Å². The van der Waals surface area contributed by atoms with Crippen LogP contribution in [-0.2, 0) is 0 Å². The number of methoxy groups -OCH3 is 1. The number of allylic oxidation sites excluding steroid dienone is 1. The third-order valence-corrected chi connectivity index (χ3v) is 4.08. The van der Waals surface area contributed by atoms with Gasteiger partial charge in [0.05, 0.1) is 13.7 Å². The molecular weight excluding hydrogens is 346 g/mol. The SMILES string of the molecule is COc1ccc(/C=C/C(=O)c2c(C)[nH]c(C(=O)O)c2C)cc1OCC(C)C. The highest BCUT2D eigenvalue weighted by Crippen LogP contribution is 2.29. The first-order valence-electron chi connectivity index (χ1n) is 8.70. The number of nitrogens with one attached hydrogen (secondary N) is 1. The van der Waals surface area contributed by atoms with E-state index in [0.29, 0.717) is 40.8 Å². The number of aryl methyl sites for hydroxylation is 1. The molecule has 2 N–H and O–H groups in total. The number of carbonyl (C=O) groups excluding carboxylic acids is 1. The molecule has 0 aliphatic rings. The third-order valence-electron chi connectivity index (χ3n) is 4.08. The van der Waals surface area contributed by atoms with Crippen LogP contribution in [0.25, 0.3) is 6.08 Å². The minimum Gasteiger partial charge on any atom is -0.493 e. The average molecular weight is 371 g/mol. The monoisotopic (exact) mass is 371 g/mol. The van der Waals surface area contributed by atoms with Crippen LogP contribution in [0.5, 0.6) is 11.5 Å². The maximum atomic E-state index is 12.6. The van der Waals surface area contributed by atoms with Crippen molar-refractivity contribution in [2.75, 3.05) is 13.7 Å². The molecule has 0 aliphatic heterocycles. The quantitative estimate of drug-likeness (QED) is 0.534. The van der Waals surface area contributed by atoms with Gasteiger partial charge in [-0.1, -0.05) is 26.0 Å². The van der Waals surface area contributed by atoms with Gasteiger partial charge in [0, 0.05) is 11.3 Å². The van der Waals surface area contributed by atoms with Crippen LogP contribution >= 0.6 is 0 Å². The van der Waals surface area contributed by atoms with Gasteiger partial charge in [-0.05, 0) is 49.1 Å². The highest BCUT2D eigenvalue weighted by molar-refractivity contribution is 6.10. The Morgan fingerprint density at radius 1 is 1.22 bits per heavy atom. The largest absolute Gasteiger partial charge is 0.493 e. The highest BCUT2D eigenvalue weighted by atomic mass is 16.5. The van der Waals surface area contributed by atoms with E-state index in [9.17, 15) is 14.7 Å². The second-order valence-corrected chi connectivity index (χ2v) is 6.74. The molecule has 1 aromatic carbocycles. The minimum absolute atomic E-state index is 0.0399. The van der Waals surface area contributed by atoms with Crippen LogP contribution in [0.4, 0.5) is 0 Å². The van der Waals surface area contributed by atoms with Crippen LogP contribution in [-0.4, -0.2) is 35.6 Å². The predicted octanol–water partition coefficient (Wildman–Crippen LogP) is 4.27. The fourth-order valence-corrected chi connectivity index (χ4v) is 2.75. The van der Waals surface area contributed by atoms with Crippen molar-refractivity contribution < 1.29 is 24.2 Å². The number of ether oxygens (including phenoxy) is 2. The van der Waals surface area contributed by atoms with E-state index in [2.05, 4.69) is 18.8 Å². The van der Waals surface area contributed by atoms with Crippen LogP contribution < -0.4 is 9.47 Å². The lowest BCUT2D eigenvalue weighted by Crippen LogP contribution is -2.05. The van der Waals surface area contributed by atoms with Gasteiger partial charge in [0.1, 0.15) is 5.69 Å². The van der Waals surface area contributed by atoms with Crippen LogP contribution in [0.2, 0.25) is 0 Å². The third kappa shape index (κ3) is 4.78. The van der Waals surface area contributed by atoms with E-state index in [1.165, 1.54) is 6.08 Å². The molecule has 6 nitrogen and oxygen atoms in total. The van der Waals surface area contributed by atoms with Crippen LogP contribution in [0, 0.1) is 19.8 Å². The molecule has 6 heteroatoms. The normalized spacial score (nSPS) is 11.2. The zero-order valence-corrected chi connectivity index (χ0v) is 16.3. The zero-order valence-electron chi connectivity index (χ0n) is 16.3. The summed E-state index contributed by atoms with van der Waals surface area (Å²) in [5, 5.41) is 9.18. The molecule has 0 saturated heterocycles. The molecule has 27 heavy (non-hydrogen) atoms. The van der Waals surface area contributed by atoms with Gasteiger partial charge in [-0.3, -0.25) is 4.79 Å². The number of hydrogen-bond donors (Lipinski definition) is 2. The molecule has 0 aliphatic carbocycles. The second kappa shape index (κ2) is 8.58. The maximum absolute atomic E-state index is 12.6. The van der Waals surface area contributed by atoms with E-state index < -0.39 is 5.97 Å². The summed E-state index contributed by atoms with van der Waals surface area (Å²) in [6, 6.07) is 5.42. The maximum Gasteiger partial charge on any atom is 0.352 e. The summed E-state index contributed by atoms with van der Waals surface area (Å²) in [5.74, 6) is 0.277. The molecule has 0 bridgehead atoms. The summed E-state index contributed by atoms with van der Waals surface area (Å²) in [6.45, 7) is 7.98. The predicted molar refractivity (Wildman–Crippen MR) is 104 cm³/mol. The summed E-state index contributed by atoms with van der Waals surface area (Å²) in [7, 11) is 1.58. The fourth-order valence-electron chi connectivity index (χ4n) is 2.75. The van der Waals surface area contributed by atoms with Crippen molar-refractivity contribution in [3.8, 4) is 11.5 Å². The molecule has 1 heterocycles. The van der Waals surface area contributed by atoms with Crippen molar-refractivity contribution in [1.29, 1.82) is 0 Å². The molecule has 2 rings (SSSR count). The number of ketones is 1. The Kier molecular flexibility index (Phi) is 6.45. The van der Waals surface area contributed by atoms with Crippen molar-refractivity contribution in [3.05, 3.63) is 52.4 Å². The molecule has 0 unspecified atom stereocenters. The smallest absolute Gasteiger partial charge is 0.352 e. The van der Waals surface area contributed by atoms with Crippen LogP contribution in [0.3, 0.4) is 0 Å². The molecule has 0 radical (unpaired) electrons. The Bertz CT molecular complexity index is 877. The lowest BCUT2D eigenvalue weighted by Gasteiger charge is -2.13. The number of carbonyl (C=O) groups is 2. The average Bonchev–Trinajstić information content (AvgIpc) is 2.92. The van der Waals surface area contributed by atoms with Crippen molar-refractivity contribution in [2.45, 2.75) is 27.7 Å².